The van der Waals surface area contributed by atoms with Crippen LogP contribution >= 0.6 is 0 Å². The topological polar surface area (TPSA) is 52.0 Å². The summed E-state index contributed by atoms with van der Waals surface area (Å²) in [5.74, 6) is 0.633. The van der Waals surface area contributed by atoms with Crippen molar-refractivity contribution in [2.45, 2.75) is 38.3 Å². The summed E-state index contributed by atoms with van der Waals surface area (Å²) in [4.78, 5) is 0. The second kappa shape index (κ2) is 2.67. The summed E-state index contributed by atoms with van der Waals surface area (Å²) in [6.07, 6.45) is 3.64. The molecule has 4 N–H and O–H groups in total. The summed E-state index contributed by atoms with van der Waals surface area (Å²) in [6.45, 7) is 2.18. The second-order valence-corrected chi connectivity index (χ2v) is 3.15. The minimum Gasteiger partial charge on any atom is -0.326 e. The van der Waals surface area contributed by atoms with Gasteiger partial charge in [0.05, 0.1) is 0 Å². The van der Waals surface area contributed by atoms with E-state index in [-0.39, 0.29) is 12.1 Å². The molecular formula is C7H16N2. The van der Waals surface area contributed by atoms with Crippen molar-refractivity contribution in [2.75, 3.05) is 0 Å². The zero-order chi connectivity index (χ0) is 6.85. The highest BCUT2D eigenvalue weighted by Crippen LogP contribution is 2.20. The Bertz CT molecular complexity index is 82.9. The van der Waals surface area contributed by atoms with Crippen molar-refractivity contribution >= 4 is 0 Å². The minimum absolute atomic E-state index is 0.249. The Morgan fingerprint density at radius 1 is 1.22 bits per heavy atom. The van der Waals surface area contributed by atoms with Crippen LogP contribution in [-0.2, 0) is 0 Å². The Labute approximate surface area is 56.6 Å². The molecule has 2 nitrogen and oxygen atoms in total. The fourth-order valence-corrected chi connectivity index (χ4v) is 1.48. The lowest BCUT2D eigenvalue weighted by atomic mass is 9.83. The maximum absolute atomic E-state index is 5.80. The molecule has 3 atom stereocenters. The van der Waals surface area contributed by atoms with Gasteiger partial charge in [-0.3, -0.25) is 0 Å². The number of rotatable bonds is 0. The van der Waals surface area contributed by atoms with Gasteiger partial charge in [-0.25, -0.2) is 0 Å². The zero-order valence-corrected chi connectivity index (χ0v) is 6.01. The van der Waals surface area contributed by atoms with Gasteiger partial charge in [0.1, 0.15) is 0 Å². The van der Waals surface area contributed by atoms with Gasteiger partial charge in [-0.2, -0.15) is 0 Å². The molecule has 0 saturated heterocycles. The van der Waals surface area contributed by atoms with Gasteiger partial charge in [0.25, 0.3) is 0 Å². The molecule has 9 heavy (non-hydrogen) atoms. The highest BCUT2D eigenvalue weighted by atomic mass is 14.8. The van der Waals surface area contributed by atoms with E-state index >= 15 is 0 Å². The van der Waals surface area contributed by atoms with E-state index in [0.717, 1.165) is 6.42 Å². The van der Waals surface area contributed by atoms with Crippen LogP contribution in [0, 0.1) is 5.92 Å². The van der Waals surface area contributed by atoms with Crippen molar-refractivity contribution in [1.29, 1.82) is 0 Å². The van der Waals surface area contributed by atoms with Crippen LogP contribution in [0.2, 0.25) is 0 Å². The lowest BCUT2D eigenvalue weighted by Crippen LogP contribution is -2.48. The van der Waals surface area contributed by atoms with Gasteiger partial charge >= 0.3 is 0 Å². The van der Waals surface area contributed by atoms with Crippen molar-refractivity contribution in [1.82, 2.24) is 0 Å². The van der Waals surface area contributed by atoms with E-state index in [2.05, 4.69) is 6.92 Å². The maximum Gasteiger partial charge on any atom is 0.0218 e. The molecule has 2 heteroatoms. The van der Waals surface area contributed by atoms with E-state index in [9.17, 15) is 0 Å². The van der Waals surface area contributed by atoms with Crippen LogP contribution in [0.4, 0.5) is 0 Å². The van der Waals surface area contributed by atoms with Gasteiger partial charge in [-0.1, -0.05) is 13.3 Å². The molecule has 3 unspecified atom stereocenters. The Balaban J connectivity index is 2.41. The van der Waals surface area contributed by atoms with E-state index in [1.807, 2.05) is 0 Å². The van der Waals surface area contributed by atoms with Crippen molar-refractivity contribution in [3.8, 4) is 0 Å². The van der Waals surface area contributed by atoms with E-state index in [1.165, 1.54) is 12.8 Å². The third-order valence-corrected chi connectivity index (χ3v) is 2.35. The summed E-state index contributed by atoms with van der Waals surface area (Å²) in [7, 11) is 0. The highest BCUT2D eigenvalue weighted by molar-refractivity contribution is 4.84. The first-order chi connectivity index (χ1) is 4.22. The average Bonchev–Trinajstić information content (AvgIpc) is 1.83. The Morgan fingerprint density at radius 2 is 1.89 bits per heavy atom. The molecule has 0 amide bonds. The quantitative estimate of drug-likeness (QED) is 0.498. The fraction of sp³-hybridized carbons (Fsp3) is 1.00. The van der Waals surface area contributed by atoms with Gasteiger partial charge in [0.2, 0.25) is 0 Å². The first kappa shape index (κ1) is 7.03. The van der Waals surface area contributed by atoms with Gasteiger partial charge in [0, 0.05) is 12.1 Å². The predicted octanol–water partition coefficient (Wildman–Crippen LogP) is 0.461. The third kappa shape index (κ3) is 1.43. The molecule has 0 spiro atoms. The molecule has 0 heterocycles. The van der Waals surface area contributed by atoms with Crippen molar-refractivity contribution in [3.05, 3.63) is 0 Å². The van der Waals surface area contributed by atoms with Crippen molar-refractivity contribution < 1.29 is 0 Å². The minimum atomic E-state index is 0.249. The van der Waals surface area contributed by atoms with Crippen molar-refractivity contribution in [3.63, 3.8) is 0 Å². The van der Waals surface area contributed by atoms with E-state index in [1.54, 1.807) is 0 Å². The third-order valence-electron chi connectivity index (χ3n) is 2.35. The molecule has 0 aliphatic heterocycles. The molecule has 1 aliphatic carbocycles. The lowest BCUT2D eigenvalue weighted by molar-refractivity contribution is 0.293. The van der Waals surface area contributed by atoms with Crippen LogP contribution in [0.5, 0.6) is 0 Å². The van der Waals surface area contributed by atoms with Gasteiger partial charge < -0.3 is 11.5 Å². The summed E-state index contributed by atoms with van der Waals surface area (Å²) in [6, 6.07) is 0.507. The number of nitrogens with two attached hydrogens (primary N) is 2. The van der Waals surface area contributed by atoms with Crippen LogP contribution < -0.4 is 11.5 Å². The predicted molar refractivity (Wildman–Crippen MR) is 39.0 cm³/mol. The zero-order valence-electron chi connectivity index (χ0n) is 6.01. The SMILES string of the molecule is CC1CCCC(N)C1N. The summed E-state index contributed by atoms with van der Waals surface area (Å²) in [5.41, 5.74) is 11.5. The molecule has 0 aromatic heterocycles. The molecule has 54 valence electrons. The molecule has 0 aromatic rings. The molecule has 0 bridgehead atoms. The lowest BCUT2D eigenvalue weighted by Gasteiger charge is -2.30. The molecular weight excluding hydrogens is 112 g/mol. The van der Waals surface area contributed by atoms with Crippen LogP contribution in [-0.4, -0.2) is 12.1 Å². The van der Waals surface area contributed by atoms with Crippen LogP contribution in [0.3, 0.4) is 0 Å². The Morgan fingerprint density at radius 3 is 2.33 bits per heavy atom. The molecule has 1 aliphatic rings. The molecule has 0 radical (unpaired) electrons. The summed E-state index contributed by atoms with van der Waals surface area (Å²) in [5, 5.41) is 0. The normalized spacial score (nSPS) is 45.0. The van der Waals surface area contributed by atoms with E-state index < -0.39 is 0 Å². The number of hydrogen-bond donors (Lipinski definition) is 2. The summed E-state index contributed by atoms with van der Waals surface area (Å²) >= 11 is 0. The van der Waals surface area contributed by atoms with Crippen LogP contribution in [0.1, 0.15) is 26.2 Å². The van der Waals surface area contributed by atoms with Gasteiger partial charge in [0.15, 0.2) is 0 Å². The van der Waals surface area contributed by atoms with Gasteiger partial charge in [-0.15, -0.1) is 0 Å². The smallest absolute Gasteiger partial charge is 0.0218 e. The van der Waals surface area contributed by atoms with E-state index in [4.69, 9.17) is 11.5 Å². The monoisotopic (exact) mass is 128 g/mol. The van der Waals surface area contributed by atoms with Crippen LogP contribution in [0.15, 0.2) is 0 Å². The molecule has 0 aromatic carbocycles. The maximum atomic E-state index is 5.80. The van der Waals surface area contributed by atoms with E-state index in [0.29, 0.717) is 5.92 Å². The highest BCUT2D eigenvalue weighted by Gasteiger charge is 2.23. The summed E-state index contributed by atoms with van der Waals surface area (Å²) < 4.78 is 0. The standard InChI is InChI=1S/C7H16N2/c1-5-3-2-4-6(8)7(5)9/h5-7H,2-4,8-9H2,1H3. The first-order valence-corrected chi connectivity index (χ1v) is 3.73. The Hall–Kier alpha value is -0.0800. The fourth-order valence-electron chi connectivity index (χ4n) is 1.48. The number of hydrogen-bond acceptors (Lipinski definition) is 2. The second-order valence-electron chi connectivity index (χ2n) is 3.15. The first-order valence-electron chi connectivity index (χ1n) is 3.73. The van der Waals surface area contributed by atoms with Crippen LogP contribution in [0.25, 0.3) is 0 Å². The molecule has 1 saturated carbocycles. The molecule has 1 fully saturated rings. The Kier molecular flexibility index (Phi) is 2.09. The largest absolute Gasteiger partial charge is 0.326 e. The van der Waals surface area contributed by atoms with Crippen molar-refractivity contribution in [2.24, 2.45) is 17.4 Å². The molecule has 1 rings (SSSR count). The van der Waals surface area contributed by atoms with Gasteiger partial charge in [-0.05, 0) is 18.8 Å². The average molecular weight is 128 g/mol.